The van der Waals surface area contributed by atoms with E-state index >= 15 is 0 Å². The molecule has 0 bridgehead atoms. The van der Waals surface area contributed by atoms with Crippen LogP contribution in [0.3, 0.4) is 0 Å². The average molecular weight is 240 g/mol. The lowest BCUT2D eigenvalue weighted by Crippen LogP contribution is -2.26. The Hall–Kier alpha value is -0.960. The summed E-state index contributed by atoms with van der Waals surface area (Å²) in [5.74, 6) is -0.454. The summed E-state index contributed by atoms with van der Waals surface area (Å²) in [5.41, 5.74) is 4.53. The van der Waals surface area contributed by atoms with Gasteiger partial charge in [-0.15, -0.1) is 0 Å². The molecule has 0 atom stereocenters. The minimum atomic E-state index is -3.26. The van der Waals surface area contributed by atoms with E-state index in [4.69, 9.17) is 5.14 Å². The molecule has 0 spiro atoms. The smallest absolute Gasteiger partial charge is 0.240 e. The fraction of sp³-hybridized carbons (Fsp3) is 0.571. The minimum Gasteiger partial charge on any atom is -0.366 e. The zero-order valence-electron chi connectivity index (χ0n) is 9.14. The summed E-state index contributed by atoms with van der Waals surface area (Å²) in [6.45, 7) is 3.57. The predicted molar refractivity (Wildman–Crippen MR) is 60.9 cm³/mol. The first-order chi connectivity index (χ1) is 6.19. The van der Waals surface area contributed by atoms with Gasteiger partial charge in [-0.3, -0.25) is 4.79 Å². The average Bonchev–Trinajstić information content (AvgIpc) is 2.01. The van der Waals surface area contributed by atoms with Crippen LogP contribution in [0, 0.1) is 0 Å². The number of nitrogens with zero attached hydrogens (tertiary/aromatic N) is 1. The van der Waals surface area contributed by atoms with Gasteiger partial charge in [0.05, 0.1) is 5.75 Å². The fourth-order valence-corrected chi connectivity index (χ4v) is 0.929. The lowest BCUT2D eigenvalue weighted by molar-refractivity contribution is -0.113. The molecule has 0 aliphatic carbocycles. The second-order valence-electron chi connectivity index (χ2n) is 2.78. The van der Waals surface area contributed by atoms with Gasteiger partial charge in [0.25, 0.3) is 0 Å². The minimum absolute atomic E-state index is 0. The molecular formula is C7H20N4O3S. The summed E-state index contributed by atoms with van der Waals surface area (Å²) in [4.78, 5) is 11.2. The first kappa shape index (κ1) is 19.6. The van der Waals surface area contributed by atoms with Crippen molar-refractivity contribution in [3.8, 4) is 0 Å². The van der Waals surface area contributed by atoms with E-state index < -0.39 is 15.9 Å². The van der Waals surface area contributed by atoms with Gasteiger partial charge in [0, 0.05) is 6.54 Å². The molecule has 0 saturated heterocycles. The summed E-state index contributed by atoms with van der Waals surface area (Å²) in [5, 5.41) is 4.73. The van der Waals surface area contributed by atoms with Crippen molar-refractivity contribution in [1.82, 2.24) is 11.1 Å². The van der Waals surface area contributed by atoms with Gasteiger partial charge in [-0.25, -0.2) is 13.6 Å². The van der Waals surface area contributed by atoms with Gasteiger partial charge in [0.1, 0.15) is 0 Å². The van der Waals surface area contributed by atoms with E-state index in [1.165, 1.54) is 0 Å². The van der Waals surface area contributed by atoms with Gasteiger partial charge >= 0.3 is 0 Å². The summed E-state index contributed by atoms with van der Waals surface area (Å²) in [7, 11) is 0.333. The zero-order chi connectivity index (χ0) is 11.8. The number of carbonyl (C=O) groups excluding carboxylic acids is 1. The molecule has 0 rings (SSSR count). The molecule has 0 aromatic rings. The number of carbonyl (C=O) groups is 1. The largest absolute Gasteiger partial charge is 0.366 e. The number of rotatable bonds is 4. The van der Waals surface area contributed by atoms with Crippen molar-refractivity contribution < 1.29 is 13.2 Å². The number of sulfonamides is 1. The highest BCUT2D eigenvalue weighted by Gasteiger charge is 2.01. The third kappa shape index (κ3) is 32.1. The van der Waals surface area contributed by atoms with E-state index in [0.29, 0.717) is 6.54 Å². The lowest BCUT2D eigenvalue weighted by atomic mass is 10.6. The van der Waals surface area contributed by atoms with Crippen molar-refractivity contribution in [1.29, 1.82) is 0 Å². The van der Waals surface area contributed by atoms with Gasteiger partial charge < -0.3 is 16.8 Å². The molecule has 15 heavy (non-hydrogen) atoms. The number of primary amides is 1. The Morgan fingerprint density at radius 1 is 1.47 bits per heavy atom. The summed E-state index contributed by atoms with van der Waals surface area (Å²) in [6, 6.07) is 0. The van der Waals surface area contributed by atoms with Crippen LogP contribution >= 0.6 is 0 Å². The van der Waals surface area contributed by atoms with Crippen LogP contribution in [0.2, 0.25) is 0 Å². The van der Waals surface area contributed by atoms with Crippen LogP contribution in [0.5, 0.6) is 0 Å². The van der Waals surface area contributed by atoms with Crippen LogP contribution in [0.25, 0.3) is 0 Å². The van der Waals surface area contributed by atoms with Crippen LogP contribution in [0.1, 0.15) is 0 Å². The highest BCUT2D eigenvalue weighted by atomic mass is 32.2. The molecule has 1 amide bonds. The monoisotopic (exact) mass is 240 g/mol. The molecular weight excluding hydrogens is 220 g/mol. The maximum atomic E-state index is 10.3. The van der Waals surface area contributed by atoms with Gasteiger partial charge in [-0.05, 0) is 20.2 Å². The lowest BCUT2D eigenvalue weighted by Gasteiger charge is -2.06. The summed E-state index contributed by atoms with van der Waals surface area (Å²) in [6.07, 6.45) is 1.06. The van der Waals surface area contributed by atoms with E-state index in [9.17, 15) is 13.2 Å². The van der Waals surface area contributed by atoms with E-state index in [-0.39, 0.29) is 11.9 Å². The fourth-order valence-electron chi connectivity index (χ4n) is 0.310. The maximum Gasteiger partial charge on any atom is 0.240 e. The molecule has 0 saturated carbocycles. The molecule has 92 valence electrons. The van der Waals surface area contributed by atoms with Gasteiger partial charge in [-0.1, -0.05) is 6.58 Å². The Morgan fingerprint density at radius 3 is 1.87 bits per heavy atom. The molecule has 0 unspecified atom stereocenters. The summed E-state index contributed by atoms with van der Waals surface area (Å²) >= 11 is 0. The van der Waals surface area contributed by atoms with Crippen molar-refractivity contribution in [3.63, 3.8) is 0 Å². The molecule has 0 heterocycles. The van der Waals surface area contributed by atoms with Crippen LogP contribution in [-0.2, 0) is 14.8 Å². The van der Waals surface area contributed by atoms with Crippen molar-refractivity contribution in [2.75, 3.05) is 26.4 Å². The SMILES string of the molecule is C=CC(N)=O.CN(C)CCS(N)(=O)=O.N. The van der Waals surface area contributed by atoms with Crippen LogP contribution in [-0.4, -0.2) is 45.6 Å². The third-order valence-corrected chi connectivity index (χ3v) is 1.78. The maximum absolute atomic E-state index is 10.3. The second kappa shape index (κ2) is 9.59. The molecule has 0 aliphatic heterocycles. The Labute approximate surface area is 90.7 Å². The summed E-state index contributed by atoms with van der Waals surface area (Å²) < 4.78 is 20.6. The normalized spacial score (nSPS) is 9.60. The highest BCUT2D eigenvalue weighted by Crippen LogP contribution is 1.79. The molecule has 7 nitrogen and oxygen atoms in total. The Morgan fingerprint density at radius 2 is 1.80 bits per heavy atom. The number of hydrogen-bond donors (Lipinski definition) is 3. The Balaban J connectivity index is -0.000000208. The van der Waals surface area contributed by atoms with Crippen molar-refractivity contribution >= 4 is 15.9 Å². The predicted octanol–water partition coefficient (Wildman–Crippen LogP) is -1.34. The Kier molecular flexibility index (Phi) is 12.5. The van der Waals surface area contributed by atoms with Crippen LogP contribution in [0.15, 0.2) is 12.7 Å². The number of hydrogen-bond acceptors (Lipinski definition) is 5. The van der Waals surface area contributed by atoms with Crippen molar-refractivity contribution in [2.45, 2.75) is 0 Å². The standard InChI is InChI=1S/C4H12N2O2S.C3H5NO.H3N/c1-6(2)3-4-9(5,7)8;1-2-3(4)5;/h3-4H2,1-2H3,(H2,5,7,8);2H,1H2,(H2,4,5);1H3. The number of nitrogens with two attached hydrogens (primary N) is 2. The van der Waals surface area contributed by atoms with Gasteiger partial charge in [0.15, 0.2) is 0 Å². The van der Waals surface area contributed by atoms with E-state index in [0.717, 1.165) is 6.08 Å². The quantitative estimate of drug-likeness (QED) is 0.521. The van der Waals surface area contributed by atoms with E-state index in [1.54, 1.807) is 19.0 Å². The van der Waals surface area contributed by atoms with Crippen molar-refractivity contribution in [3.05, 3.63) is 12.7 Å². The van der Waals surface area contributed by atoms with Gasteiger partial charge in [0.2, 0.25) is 15.9 Å². The highest BCUT2D eigenvalue weighted by molar-refractivity contribution is 7.89. The molecule has 0 aromatic heterocycles. The third-order valence-electron chi connectivity index (χ3n) is 1.02. The first-order valence-corrected chi connectivity index (χ1v) is 5.47. The van der Waals surface area contributed by atoms with Crippen LogP contribution in [0.4, 0.5) is 0 Å². The molecule has 0 aliphatic rings. The van der Waals surface area contributed by atoms with Gasteiger partial charge in [-0.2, -0.15) is 0 Å². The van der Waals surface area contributed by atoms with Crippen LogP contribution < -0.4 is 17.0 Å². The molecule has 0 radical (unpaired) electrons. The molecule has 0 aromatic carbocycles. The molecule has 8 heteroatoms. The first-order valence-electron chi connectivity index (χ1n) is 3.76. The molecule has 7 N–H and O–H groups in total. The van der Waals surface area contributed by atoms with Crippen molar-refractivity contribution in [2.24, 2.45) is 10.9 Å². The number of amides is 1. The van der Waals surface area contributed by atoms with E-state index in [1.807, 2.05) is 0 Å². The number of primary sulfonamides is 1. The topological polar surface area (TPSA) is 141 Å². The Bertz CT molecular complexity index is 274. The molecule has 0 fully saturated rings. The zero-order valence-corrected chi connectivity index (χ0v) is 9.96. The second-order valence-corrected chi connectivity index (χ2v) is 4.51. The van der Waals surface area contributed by atoms with E-state index in [2.05, 4.69) is 12.3 Å².